The van der Waals surface area contributed by atoms with Gasteiger partial charge in [-0.2, -0.15) is 5.10 Å². The first kappa shape index (κ1) is 14.6. The minimum atomic E-state index is 0.203. The number of piperidine rings is 1. The Kier molecular flexibility index (Phi) is 4.68. The molecule has 3 heterocycles. The minimum Gasteiger partial charge on any atom is -0.469 e. The number of hydrogen-bond acceptors (Lipinski definition) is 5. The van der Waals surface area contributed by atoms with Crippen molar-refractivity contribution in [1.82, 2.24) is 15.1 Å². The molecule has 116 valence electrons. The van der Waals surface area contributed by atoms with Gasteiger partial charge in [-0.25, -0.2) is 0 Å². The van der Waals surface area contributed by atoms with E-state index in [1.165, 1.54) is 0 Å². The largest absolute Gasteiger partial charge is 0.469 e. The number of rotatable bonds is 5. The van der Waals surface area contributed by atoms with Gasteiger partial charge in [0.25, 0.3) is 0 Å². The highest BCUT2D eigenvalue weighted by Crippen LogP contribution is 2.16. The highest BCUT2D eigenvalue weighted by atomic mass is 16.3. The highest BCUT2D eigenvalue weighted by Gasteiger charge is 2.22. The molecule has 0 spiro atoms. The SMILES string of the molecule is O=C(CCc1ccco1)N1CCC(Nc2cccnn2)CC1. The summed E-state index contributed by atoms with van der Waals surface area (Å²) in [5.41, 5.74) is 0. The molecular formula is C16H20N4O2. The maximum absolute atomic E-state index is 12.2. The van der Waals surface area contributed by atoms with Gasteiger partial charge in [-0.15, -0.1) is 5.10 Å². The van der Waals surface area contributed by atoms with E-state index in [1.807, 2.05) is 29.2 Å². The Bertz CT molecular complexity index is 577. The predicted octanol–water partition coefficient (Wildman–Crippen LogP) is 2.11. The van der Waals surface area contributed by atoms with E-state index < -0.39 is 0 Å². The van der Waals surface area contributed by atoms with Crippen molar-refractivity contribution in [2.24, 2.45) is 0 Å². The Morgan fingerprint density at radius 3 is 2.86 bits per heavy atom. The molecule has 6 nitrogen and oxygen atoms in total. The zero-order valence-electron chi connectivity index (χ0n) is 12.4. The average molecular weight is 300 g/mol. The van der Waals surface area contributed by atoms with Crippen LogP contribution in [0, 0.1) is 0 Å². The van der Waals surface area contributed by atoms with Crippen LogP contribution in [0.15, 0.2) is 41.1 Å². The zero-order chi connectivity index (χ0) is 15.2. The van der Waals surface area contributed by atoms with Crippen LogP contribution in [0.1, 0.15) is 25.0 Å². The Morgan fingerprint density at radius 1 is 1.32 bits per heavy atom. The number of aryl methyl sites for hydroxylation is 1. The molecule has 2 aromatic rings. The topological polar surface area (TPSA) is 71.3 Å². The summed E-state index contributed by atoms with van der Waals surface area (Å²) in [5, 5.41) is 11.3. The minimum absolute atomic E-state index is 0.203. The van der Waals surface area contributed by atoms with Crippen molar-refractivity contribution in [3.8, 4) is 0 Å². The fraction of sp³-hybridized carbons (Fsp3) is 0.438. The molecule has 0 unspecified atom stereocenters. The van der Waals surface area contributed by atoms with E-state index in [-0.39, 0.29) is 5.91 Å². The number of hydrogen-bond donors (Lipinski definition) is 1. The Balaban J connectivity index is 1.42. The first-order valence-electron chi connectivity index (χ1n) is 7.65. The molecule has 1 N–H and O–H groups in total. The lowest BCUT2D eigenvalue weighted by atomic mass is 10.0. The summed E-state index contributed by atoms with van der Waals surface area (Å²) in [4.78, 5) is 14.1. The van der Waals surface area contributed by atoms with Crippen LogP contribution in [0.2, 0.25) is 0 Å². The summed E-state index contributed by atoms with van der Waals surface area (Å²) < 4.78 is 5.26. The molecule has 3 rings (SSSR count). The summed E-state index contributed by atoms with van der Waals surface area (Å²) in [6, 6.07) is 7.88. The second-order valence-electron chi connectivity index (χ2n) is 5.49. The van der Waals surface area contributed by atoms with Crippen LogP contribution in [0.3, 0.4) is 0 Å². The number of nitrogens with one attached hydrogen (secondary N) is 1. The molecule has 0 aromatic carbocycles. The number of carbonyl (C=O) groups is 1. The smallest absolute Gasteiger partial charge is 0.223 e. The van der Waals surface area contributed by atoms with E-state index >= 15 is 0 Å². The molecule has 0 atom stereocenters. The van der Waals surface area contributed by atoms with Crippen LogP contribution in [-0.2, 0) is 11.2 Å². The normalized spacial score (nSPS) is 15.7. The number of nitrogens with zero attached hydrogens (tertiary/aromatic N) is 3. The van der Waals surface area contributed by atoms with Gasteiger partial charge in [-0.05, 0) is 37.1 Å². The lowest BCUT2D eigenvalue weighted by Gasteiger charge is -2.32. The summed E-state index contributed by atoms with van der Waals surface area (Å²) in [5.74, 6) is 1.87. The van der Waals surface area contributed by atoms with Crippen molar-refractivity contribution in [1.29, 1.82) is 0 Å². The number of anilines is 1. The van der Waals surface area contributed by atoms with Crippen molar-refractivity contribution in [2.75, 3.05) is 18.4 Å². The van der Waals surface area contributed by atoms with Crippen LogP contribution >= 0.6 is 0 Å². The number of amides is 1. The summed E-state index contributed by atoms with van der Waals surface area (Å²) >= 11 is 0. The zero-order valence-corrected chi connectivity index (χ0v) is 12.4. The van der Waals surface area contributed by atoms with E-state index in [0.717, 1.165) is 37.5 Å². The van der Waals surface area contributed by atoms with Crippen LogP contribution < -0.4 is 5.32 Å². The molecular weight excluding hydrogens is 280 g/mol. The molecule has 2 aromatic heterocycles. The number of likely N-dealkylation sites (tertiary alicyclic amines) is 1. The highest BCUT2D eigenvalue weighted by molar-refractivity contribution is 5.76. The molecule has 1 saturated heterocycles. The summed E-state index contributed by atoms with van der Waals surface area (Å²) in [7, 11) is 0. The van der Waals surface area contributed by atoms with Crippen molar-refractivity contribution in [3.63, 3.8) is 0 Å². The van der Waals surface area contributed by atoms with Gasteiger partial charge in [-0.3, -0.25) is 4.79 Å². The van der Waals surface area contributed by atoms with Crippen LogP contribution in [0.5, 0.6) is 0 Å². The van der Waals surface area contributed by atoms with E-state index in [9.17, 15) is 4.79 Å². The molecule has 1 amide bonds. The lowest BCUT2D eigenvalue weighted by molar-refractivity contribution is -0.132. The monoisotopic (exact) mass is 300 g/mol. The van der Waals surface area contributed by atoms with Gasteiger partial charge < -0.3 is 14.6 Å². The predicted molar refractivity (Wildman–Crippen MR) is 82.3 cm³/mol. The molecule has 0 aliphatic carbocycles. The molecule has 0 bridgehead atoms. The molecule has 1 aliphatic heterocycles. The van der Waals surface area contributed by atoms with Gasteiger partial charge >= 0.3 is 0 Å². The molecule has 0 saturated carbocycles. The van der Waals surface area contributed by atoms with E-state index in [4.69, 9.17) is 4.42 Å². The quantitative estimate of drug-likeness (QED) is 0.915. The number of carbonyl (C=O) groups excluding carboxylic acids is 1. The number of furan rings is 1. The Morgan fingerprint density at radius 2 is 2.18 bits per heavy atom. The van der Waals surface area contributed by atoms with Gasteiger partial charge in [-0.1, -0.05) is 0 Å². The van der Waals surface area contributed by atoms with Gasteiger partial charge in [0.15, 0.2) is 0 Å². The van der Waals surface area contributed by atoms with Crippen LogP contribution in [0.4, 0.5) is 5.82 Å². The fourth-order valence-electron chi connectivity index (χ4n) is 2.70. The summed E-state index contributed by atoms with van der Waals surface area (Å²) in [6.07, 6.45) is 6.35. The van der Waals surface area contributed by atoms with E-state index in [0.29, 0.717) is 18.9 Å². The number of aromatic nitrogens is 2. The van der Waals surface area contributed by atoms with Crippen molar-refractivity contribution in [3.05, 3.63) is 42.5 Å². The Hall–Kier alpha value is -2.37. The van der Waals surface area contributed by atoms with E-state index in [1.54, 1.807) is 12.5 Å². The molecule has 0 radical (unpaired) electrons. The third kappa shape index (κ3) is 3.84. The van der Waals surface area contributed by atoms with Gasteiger partial charge in [0, 0.05) is 38.2 Å². The molecule has 1 aliphatic rings. The third-order valence-corrected chi connectivity index (χ3v) is 3.94. The summed E-state index contributed by atoms with van der Waals surface area (Å²) in [6.45, 7) is 1.57. The second-order valence-corrected chi connectivity index (χ2v) is 5.49. The molecule has 6 heteroatoms. The maximum Gasteiger partial charge on any atom is 0.223 e. The first-order valence-corrected chi connectivity index (χ1v) is 7.65. The molecule has 1 fully saturated rings. The average Bonchev–Trinajstić information content (AvgIpc) is 3.08. The van der Waals surface area contributed by atoms with Crippen LogP contribution in [-0.4, -0.2) is 40.1 Å². The van der Waals surface area contributed by atoms with Crippen molar-refractivity contribution in [2.45, 2.75) is 31.7 Å². The van der Waals surface area contributed by atoms with Gasteiger partial charge in [0.2, 0.25) is 5.91 Å². The Labute approximate surface area is 129 Å². The third-order valence-electron chi connectivity index (χ3n) is 3.94. The van der Waals surface area contributed by atoms with Crippen LogP contribution in [0.25, 0.3) is 0 Å². The van der Waals surface area contributed by atoms with Gasteiger partial charge in [0.1, 0.15) is 11.6 Å². The standard InChI is InChI=1S/C16H20N4O2/c21-16(6-5-14-3-2-12-22-14)20-10-7-13(8-11-20)18-15-4-1-9-17-19-15/h1-4,9,12-13H,5-8,10-11H2,(H,18,19). The fourth-order valence-corrected chi connectivity index (χ4v) is 2.70. The first-order chi connectivity index (χ1) is 10.8. The van der Waals surface area contributed by atoms with Gasteiger partial charge in [0.05, 0.1) is 6.26 Å². The second kappa shape index (κ2) is 7.06. The maximum atomic E-state index is 12.2. The van der Waals surface area contributed by atoms with E-state index in [2.05, 4.69) is 15.5 Å². The molecule has 22 heavy (non-hydrogen) atoms. The van der Waals surface area contributed by atoms with Crippen molar-refractivity contribution < 1.29 is 9.21 Å². The van der Waals surface area contributed by atoms with Crippen molar-refractivity contribution >= 4 is 11.7 Å². The lowest BCUT2D eigenvalue weighted by Crippen LogP contribution is -2.42.